The van der Waals surface area contributed by atoms with E-state index in [9.17, 15) is 10.1 Å². The van der Waals surface area contributed by atoms with Crippen molar-refractivity contribution in [3.63, 3.8) is 0 Å². The van der Waals surface area contributed by atoms with Crippen LogP contribution in [-0.4, -0.2) is 32.9 Å². The Kier molecular flexibility index (Phi) is 9.84. The number of hydrogen-bond acceptors (Lipinski definition) is 6. The van der Waals surface area contributed by atoms with E-state index in [1.807, 2.05) is 18.2 Å². The van der Waals surface area contributed by atoms with Gasteiger partial charge in [0.2, 0.25) is 0 Å². The lowest BCUT2D eigenvalue weighted by molar-refractivity contribution is -0.137. The highest BCUT2D eigenvalue weighted by Crippen LogP contribution is 2.37. The van der Waals surface area contributed by atoms with Gasteiger partial charge in [-0.25, -0.2) is 4.79 Å². The number of benzene rings is 2. The Morgan fingerprint density at radius 2 is 1.82 bits per heavy atom. The molecule has 180 valence electrons. The highest BCUT2D eigenvalue weighted by molar-refractivity contribution is 9.10. The Morgan fingerprint density at radius 3 is 2.47 bits per heavy atom. The first kappa shape index (κ1) is 25.6. The van der Waals surface area contributed by atoms with E-state index in [1.165, 1.54) is 50.9 Å². The summed E-state index contributed by atoms with van der Waals surface area (Å²) in [5.41, 5.74) is 1.91. The maximum atomic E-state index is 11.9. The summed E-state index contributed by atoms with van der Waals surface area (Å²) in [6.45, 7) is 2.58. The highest BCUT2D eigenvalue weighted by atomic mass is 79.9. The zero-order valence-corrected chi connectivity index (χ0v) is 21.2. The molecule has 0 amide bonds. The molecule has 0 aromatic heterocycles. The smallest absolute Gasteiger partial charge is 0.348 e. The summed E-state index contributed by atoms with van der Waals surface area (Å²) in [6.07, 6.45) is 8.00. The molecule has 1 aliphatic carbocycles. The van der Waals surface area contributed by atoms with Crippen LogP contribution in [0, 0.1) is 11.3 Å². The molecule has 2 aromatic rings. The first-order valence-electron chi connectivity index (χ1n) is 11.6. The lowest BCUT2D eigenvalue weighted by Gasteiger charge is -2.22. The molecular weight excluding hydrogens is 498 g/mol. The number of nitriles is 1. The SMILES string of the molecule is CCOC(=O)/C(C#N)=C/c1cc(Br)c(OCCOc2ccc(C3CCCCC3)cc2)c(OC)c1. The van der Waals surface area contributed by atoms with Crippen LogP contribution in [0.3, 0.4) is 0 Å². The maximum absolute atomic E-state index is 11.9. The number of carbonyl (C=O) groups is 1. The van der Waals surface area contributed by atoms with Gasteiger partial charge >= 0.3 is 5.97 Å². The summed E-state index contributed by atoms with van der Waals surface area (Å²) in [5.74, 6) is 1.82. The largest absolute Gasteiger partial charge is 0.493 e. The number of nitrogens with zero attached hydrogens (tertiary/aromatic N) is 1. The van der Waals surface area contributed by atoms with Crippen LogP contribution >= 0.6 is 15.9 Å². The number of rotatable bonds is 10. The van der Waals surface area contributed by atoms with E-state index in [1.54, 1.807) is 19.1 Å². The van der Waals surface area contributed by atoms with E-state index in [4.69, 9.17) is 18.9 Å². The van der Waals surface area contributed by atoms with Crippen molar-refractivity contribution in [1.29, 1.82) is 5.26 Å². The van der Waals surface area contributed by atoms with Crippen LogP contribution in [0.1, 0.15) is 56.1 Å². The van der Waals surface area contributed by atoms with Crippen LogP contribution in [0.15, 0.2) is 46.4 Å². The van der Waals surface area contributed by atoms with Crippen molar-refractivity contribution in [2.24, 2.45) is 0 Å². The van der Waals surface area contributed by atoms with Gasteiger partial charge in [0.05, 0.1) is 18.2 Å². The predicted molar refractivity (Wildman–Crippen MR) is 134 cm³/mol. The van der Waals surface area contributed by atoms with Crippen molar-refractivity contribution in [3.05, 3.63) is 57.6 Å². The van der Waals surface area contributed by atoms with Gasteiger partial charge in [0, 0.05) is 0 Å². The minimum atomic E-state index is -0.663. The van der Waals surface area contributed by atoms with E-state index in [2.05, 4.69) is 28.1 Å². The molecule has 0 unspecified atom stereocenters. The van der Waals surface area contributed by atoms with Crippen molar-refractivity contribution in [2.75, 3.05) is 26.9 Å². The van der Waals surface area contributed by atoms with Gasteiger partial charge in [-0.05, 0) is 83.1 Å². The van der Waals surface area contributed by atoms with Crippen molar-refractivity contribution in [3.8, 4) is 23.3 Å². The second kappa shape index (κ2) is 13.0. The van der Waals surface area contributed by atoms with Crippen LogP contribution in [0.4, 0.5) is 0 Å². The summed E-state index contributed by atoms with van der Waals surface area (Å²) in [5, 5.41) is 9.25. The normalized spacial score (nSPS) is 14.2. The molecule has 7 heteroatoms. The number of ether oxygens (including phenoxy) is 4. The van der Waals surface area contributed by atoms with Gasteiger partial charge in [-0.15, -0.1) is 0 Å². The number of halogens is 1. The van der Waals surface area contributed by atoms with Crippen LogP contribution < -0.4 is 14.2 Å². The highest BCUT2D eigenvalue weighted by Gasteiger charge is 2.16. The molecule has 1 aliphatic rings. The molecule has 1 fully saturated rings. The average molecular weight is 528 g/mol. The van der Waals surface area contributed by atoms with E-state index in [0.717, 1.165) is 5.75 Å². The monoisotopic (exact) mass is 527 g/mol. The number of hydrogen-bond donors (Lipinski definition) is 0. The topological polar surface area (TPSA) is 77.8 Å². The number of carbonyl (C=O) groups excluding carboxylic acids is 1. The molecule has 0 saturated heterocycles. The Hall–Kier alpha value is -2.98. The van der Waals surface area contributed by atoms with E-state index >= 15 is 0 Å². The van der Waals surface area contributed by atoms with Crippen molar-refractivity contribution in [2.45, 2.75) is 44.9 Å². The average Bonchev–Trinajstić information content (AvgIpc) is 2.86. The Morgan fingerprint density at radius 1 is 1.12 bits per heavy atom. The van der Waals surface area contributed by atoms with Crippen LogP contribution in [0.2, 0.25) is 0 Å². The van der Waals surface area contributed by atoms with Crippen molar-refractivity contribution < 1.29 is 23.7 Å². The summed E-state index contributed by atoms with van der Waals surface area (Å²) >= 11 is 3.49. The van der Waals surface area contributed by atoms with E-state index in [-0.39, 0.29) is 12.2 Å². The van der Waals surface area contributed by atoms with Gasteiger partial charge in [-0.3, -0.25) is 0 Å². The molecule has 3 rings (SSSR count). The molecule has 0 bridgehead atoms. The minimum Gasteiger partial charge on any atom is -0.493 e. The van der Waals surface area contributed by atoms with Crippen LogP contribution in [0.25, 0.3) is 6.08 Å². The molecule has 0 atom stereocenters. The molecular formula is C27H30BrNO5. The maximum Gasteiger partial charge on any atom is 0.348 e. The van der Waals surface area contributed by atoms with Gasteiger partial charge < -0.3 is 18.9 Å². The third-order valence-electron chi connectivity index (χ3n) is 5.73. The third kappa shape index (κ3) is 7.01. The Balaban J connectivity index is 1.58. The fraction of sp³-hybridized carbons (Fsp3) is 0.407. The Labute approximate surface area is 209 Å². The lowest BCUT2D eigenvalue weighted by Crippen LogP contribution is -2.10. The third-order valence-corrected chi connectivity index (χ3v) is 6.32. The quantitative estimate of drug-likeness (QED) is 0.153. The second-order valence-corrected chi connectivity index (χ2v) is 8.88. The Bertz CT molecular complexity index is 1040. The van der Waals surface area contributed by atoms with Gasteiger partial charge in [-0.2, -0.15) is 5.26 Å². The van der Waals surface area contributed by atoms with Gasteiger partial charge in [0.15, 0.2) is 11.5 Å². The molecule has 0 aliphatic heterocycles. The van der Waals surface area contributed by atoms with Crippen LogP contribution in [0.5, 0.6) is 17.2 Å². The van der Waals surface area contributed by atoms with Gasteiger partial charge in [0.1, 0.15) is 30.6 Å². The summed E-state index contributed by atoms with van der Waals surface area (Å²) in [4.78, 5) is 11.9. The fourth-order valence-corrected chi connectivity index (χ4v) is 4.63. The lowest BCUT2D eigenvalue weighted by atomic mass is 9.84. The second-order valence-electron chi connectivity index (χ2n) is 8.03. The standard InChI is InChI=1S/C27H30BrNO5/c1-3-32-27(30)22(18-29)15-19-16-24(28)26(25(17-19)31-2)34-14-13-33-23-11-9-21(10-12-23)20-7-5-4-6-8-20/h9-12,15-17,20H,3-8,13-14H2,1-2H3/b22-15+. The minimum absolute atomic E-state index is 0.0904. The molecule has 0 radical (unpaired) electrons. The molecule has 0 spiro atoms. The zero-order chi connectivity index (χ0) is 24.3. The molecule has 1 saturated carbocycles. The van der Waals surface area contributed by atoms with E-state index < -0.39 is 5.97 Å². The zero-order valence-electron chi connectivity index (χ0n) is 19.6. The van der Waals surface area contributed by atoms with Crippen molar-refractivity contribution >= 4 is 28.0 Å². The predicted octanol–water partition coefficient (Wildman–Crippen LogP) is 6.43. The number of methoxy groups -OCH3 is 1. The summed E-state index contributed by atoms with van der Waals surface area (Å²) < 4.78 is 22.7. The van der Waals surface area contributed by atoms with Gasteiger partial charge in [0.25, 0.3) is 0 Å². The molecule has 34 heavy (non-hydrogen) atoms. The first-order chi connectivity index (χ1) is 16.5. The fourth-order valence-electron chi connectivity index (χ4n) is 4.05. The molecule has 6 nitrogen and oxygen atoms in total. The molecule has 0 heterocycles. The summed E-state index contributed by atoms with van der Waals surface area (Å²) in [7, 11) is 1.53. The van der Waals surface area contributed by atoms with Crippen molar-refractivity contribution in [1.82, 2.24) is 0 Å². The summed E-state index contributed by atoms with van der Waals surface area (Å²) in [6, 6.07) is 13.7. The first-order valence-corrected chi connectivity index (χ1v) is 12.4. The van der Waals surface area contributed by atoms with Crippen LogP contribution in [-0.2, 0) is 9.53 Å². The molecule has 0 N–H and O–H groups in total. The molecule has 2 aromatic carbocycles. The van der Waals surface area contributed by atoms with E-state index in [0.29, 0.717) is 40.7 Å². The number of esters is 1. The van der Waals surface area contributed by atoms with Gasteiger partial charge in [-0.1, -0.05) is 31.4 Å².